The topological polar surface area (TPSA) is 90.5 Å². The van der Waals surface area contributed by atoms with Crippen LogP contribution >= 0.6 is 0 Å². The van der Waals surface area contributed by atoms with Crippen LogP contribution in [0, 0.1) is 0 Å². The first-order valence-electron chi connectivity index (χ1n) is 8.18. The van der Waals surface area contributed by atoms with Crippen molar-refractivity contribution in [1.29, 1.82) is 0 Å². The summed E-state index contributed by atoms with van der Waals surface area (Å²) in [6, 6.07) is 5.22. The van der Waals surface area contributed by atoms with Crippen LogP contribution in [0.3, 0.4) is 0 Å². The fourth-order valence-corrected chi connectivity index (χ4v) is 3.11. The zero-order valence-electron chi connectivity index (χ0n) is 14.4. The molecule has 3 N–H and O–H groups in total. The lowest BCUT2D eigenvalue weighted by Crippen LogP contribution is -2.43. The van der Waals surface area contributed by atoms with Gasteiger partial charge in [0.2, 0.25) is 10.0 Å². The number of sulfonamides is 1. The number of piperazine rings is 1. The van der Waals surface area contributed by atoms with Crippen LogP contribution in [0.2, 0.25) is 0 Å². The van der Waals surface area contributed by atoms with E-state index < -0.39 is 10.0 Å². The number of benzene rings is 1. The Morgan fingerprint density at radius 3 is 2.58 bits per heavy atom. The molecule has 0 radical (unpaired) electrons. The van der Waals surface area contributed by atoms with Crippen molar-refractivity contribution in [3.8, 4) is 0 Å². The molecule has 8 heteroatoms. The number of hydrogen-bond acceptors (Lipinski definition) is 5. The second-order valence-electron chi connectivity index (χ2n) is 6.13. The molecule has 0 saturated carbocycles. The lowest BCUT2D eigenvalue weighted by Gasteiger charge is -2.31. The molecule has 1 aliphatic heterocycles. The van der Waals surface area contributed by atoms with Gasteiger partial charge in [-0.25, -0.2) is 8.42 Å². The predicted molar refractivity (Wildman–Crippen MR) is 97.2 cm³/mol. The maximum absolute atomic E-state index is 12.3. The highest BCUT2D eigenvalue weighted by Crippen LogP contribution is 2.28. The summed E-state index contributed by atoms with van der Waals surface area (Å²) in [4.78, 5) is 14.4. The third-order valence-electron chi connectivity index (χ3n) is 4.00. The number of nitrogens with zero attached hydrogens (tertiary/aromatic N) is 1. The van der Waals surface area contributed by atoms with Crippen molar-refractivity contribution in [2.24, 2.45) is 0 Å². The van der Waals surface area contributed by atoms with Gasteiger partial charge in [0, 0.05) is 37.8 Å². The van der Waals surface area contributed by atoms with Crippen molar-refractivity contribution < 1.29 is 13.2 Å². The minimum Gasteiger partial charge on any atom is -0.367 e. The van der Waals surface area contributed by atoms with Gasteiger partial charge in [0.15, 0.2) is 0 Å². The molecule has 1 saturated heterocycles. The Morgan fingerprint density at radius 2 is 2.00 bits per heavy atom. The highest BCUT2D eigenvalue weighted by atomic mass is 32.2. The summed E-state index contributed by atoms with van der Waals surface area (Å²) in [6.07, 6.45) is 1.94. The first kappa shape index (κ1) is 18.5. The molecule has 1 unspecified atom stereocenters. The van der Waals surface area contributed by atoms with Gasteiger partial charge in [-0.1, -0.05) is 6.92 Å². The molecule has 0 spiro atoms. The van der Waals surface area contributed by atoms with Crippen molar-refractivity contribution in [1.82, 2.24) is 10.6 Å². The van der Waals surface area contributed by atoms with E-state index in [0.29, 0.717) is 11.3 Å². The normalized spacial score (nSPS) is 16.5. The van der Waals surface area contributed by atoms with Gasteiger partial charge in [0.25, 0.3) is 5.91 Å². The Bertz CT molecular complexity index is 685. The van der Waals surface area contributed by atoms with E-state index in [9.17, 15) is 13.2 Å². The Hall–Kier alpha value is -1.80. The van der Waals surface area contributed by atoms with E-state index in [2.05, 4.69) is 20.3 Å². The molecule has 2 rings (SSSR count). The molecule has 1 aromatic rings. The molecule has 24 heavy (non-hydrogen) atoms. The van der Waals surface area contributed by atoms with E-state index in [0.717, 1.165) is 44.5 Å². The van der Waals surface area contributed by atoms with Gasteiger partial charge in [-0.15, -0.1) is 0 Å². The minimum atomic E-state index is -3.43. The highest BCUT2D eigenvalue weighted by Gasteiger charge is 2.18. The van der Waals surface area contributed by atoms with E-state index in [1.165, 1.54) is 0 Å². The number of hydrogen-bond donors (Lipinski definition) is 3. The van der Waals surface area contributed by atoms with Crippen LogP contribution in [0.25, 0.3) is 0 Å². The molecule has 0 aromatic heterocycles. The second-order valence-corrected chi connectivity index (χ2v) is 7.87. The van der Waals surface area contributed by atoms with Crippen LogP contribution in [0.4, 0.5) is 11.4 Å². The fourth-order valence-electron chi connectivity index (χ4n) is 2.55. The SMILES string of the molecule is CCC(C)NC(=O)c1ccc(N2CCNCC2)c(NS(C)(=O)=O)c1. The molecule has 0 bridgehead atoms. The van der Waals surface area contributed by atoms with E-state index in [1.807, 2.05) is 19.9 Å². The Labute approximate surface area is 143 Å². The predicted octanol–water partition coefficient (Wildman–Crippen LogP) is 0.996. The number of rotatable bonds is 6. The molecule has 1 amide bonds. The smallest absolute Gasteiger partial charge is 0.251 e. The van der Waals surface area contributed by atoms with E-state index >= 15 is 0 Å². The number of nitrogens with one attached hydrogen (secondary N) is 3. The molecule has 1 fully saturated rings. The molecule has 0 aliphatic carbocycles. The number of amides is 1. The van der Waals surface area contributed by atoms with Crippen molar-refractivity contribution in [3.63, 3.8) is 0 Å². The van der Waals surface area contributed by atoms with Gasteiger partial charge in [-0.05, 0) is 31.5 Å². The number of carbonyl (C=O) groups is 1. The summed E-state index contributed by atoms with van der Waals surface area (Å²) >= 11 is 0. The van der Waals surface area contributed by atoms with E-state index in [1.54, 1.807) is 12.1 Å². The van der Waals surface area contributed by atoms with Crippen LogP contribution in [0.5, 0.6) is 0 Å². The zero-order chi connectivity index (χ0) is 17.7. The quantitative estimate of drug-likeness (QED) is 0.709. The van der Waals surface area contributed by atoms with Gasteiger partial charge in [0.1, 0.15) is 0 Å². The third-order valence-corrected chi connectivity index (χ3v) is 4.59. The Kier molecular flexibility index (Phi) is 6.06. The van der Waals surface area contributed by atoms with E-state index in [-0.39, 0.29) is 11.9 Å². The molecule has 7 nitrogen and oxygen atoms in total. The maximum atomic E-state index is 12.3. The van der Waals surface area contributed by atoms with Crippen LogP contribution < -0.4 is 20.3 Å². The number of anilines is 2. The van der Waals surface area contributed by atoms with E-state index in [4.69, 9.17) is 0 Å². The van der Waals surface area contributed by atoms with Crippen molar-refractivity contribution in [3.05, 3.63) is 23.8 Å². The van der Waals surface area contributed by atoms with Gasteiger partial charge in [0.05, 0.1) is 17.6 Å². The zero-order valence-corrected chi connectivity index (χ0v) is 15.2. The molecule has 1 aliphatic rings. The van der Waals surface area contributed by atoms with Crippen molar-refractivity contribution >= 4 is 27.3 Å². The molecular weight excluding hydrogens is 328 g/mol. The van der Waals surface area contributed by atoms with Crippen molar-refractivity contribution in [2.45, 2.75) is 26.3 Å². The average Bonchev–Trinajstić information content (AvgIpc) is 2.54. The molecular formula is C16H26N4O3S. The fraction of sp³-hybridized carbons (Fsp3) is 0.562. The van der Waals surface area contributed by atoms with Gasteiger partial charge in [-0.3, -0.25) is 9.52 Å². The summed E-state index contributed by atoms with van der Waals surface area (Å²) in [5, 5.41) is 6.16. The van der Waals surface area contributed by atoms with Gasteiger partial charge in [-0.2, -0.15) is 0 Å². The number of carbonyl (C=O) groups excluding carboxylic acids is 1. The van der Waals surface area contributed by atoms with Gasteiger partial charge < -0.3 is 15.5 Å². The summed E-state index contributed by atoms with van der Waals surface area (Å²) in [5.74, 6) is -0.201. The monoisotopic (exact) mass is 354 g/mol. The van der Waals surface area contributed by atoms with Crippen LogP contribution in [-0.4, -0.2) is 52.8 Å². The van der Waals surface area contributed by atoms with Crippen LogP contribution in [0.15, 0.2) is 18.2 Å². The molecule has 134 valence electrons. The summed E-state index contributed by atoms with van der Waals surface area (Å²) in [5.41, 5.74) is 1.68. The van der Waals surface area contributed by atoms with Crippen LogP contribution in [0.1, 0.15) is 30.6 Å². The largest absolute Gasteiger partial charge is 0.367 e. The summed E-state index contributed by atoms with van der Waals surface area (Å²) in [7, 11) is -3.43. The average molecular weight is 354 g/mol. The molecule has 1 aromatic carbocycles. The lowest BCUT2D eigenvalue weighted by molar-refractivity contribution is 0.0939. The van der Waals surface area contributed by atoms with Crippen molar-refractivity contribution in [2.75, 3.05) is 42.1 Å². The van der Waals surface area contributed by atoms with Crippen LogP contribution in [-0.2, 0) is 10.0 Å². The Balaban J connectivity index is 2.32. The summed E-state index contributed by atoms with van der Waals surface area (Å²) < 4.78 is 25.9. The molecule has 1 heterocycles. The standard InChI is InChI=1S/C16H26N4O3S/c1-4-12(2)18-16(21)13-5-6-15(20-9-7-17-8-10-20)14(11-13)19-24(3,22)23/h5-6,11-12,17,19H,4,7-10H2,1-3H3,(H,18,21). The molecule has 1 atom stereocenters. The first-order valence-corrected chi connectivity index (χ1v) is 10.1. The lowest BCUT2D eigenvalue weighted by atomic mass is 10.1. The maximum Gasteiger partial charge on any atom is 0.251 e. The van der Waals surface area contributed by atoms with Gasteiger partial charge >= 0.3 is 0 Å². The minimum absolute atomic E-state index is 0.0664. The first-order chi connectivity index (χ1) is 11.3. The highest BCUT2D eigenvalue weighted by molar-refractivity contribution is 7.92. The Morgan fingerprint density at radius 1 is 1.33 bits per heavy atom. The second kappa shape index (κ2) is 7.85. The third kappa shape index (κ3) is 5.10. The summed E-state index contributed by atoms with van der Waals surface area (Å²) in [6.45, 7) is 7.19.